The maximum absolute atomic E-state index is 10.8. The van der Waals surface area contributed by atoms with Crippen LogP contribution in [0, 0.1) is 10.1 Å². The van der Waals surface area contributed by atoms with Gasteiger partial charge in [-0.1, -0.05) is 30.3 Å². The van der Waals surface area contributed by atoms with Crippen LogP contribution in [-0.4, -0.2) is 30.6 Å². The molecule has 2 N–H and O–H groups in total. The lowest BCUT2D eigenvalue weighted by Gasteiger charge is -2.12. The van der Waals surface area contributed by atoms with Crippen molar-refractivity contribution in [1.82, 2.24) is 10.6 Å². The predicted molar refractivity (Wildman–Crippen MR) is 113 cm³/mol. The number of para-hydroxylation sites is 1. The number of rotatable bonds is 8. The van der Waals surface area contributed by atoms with E-state index in [1.165, 1.54) is 12.1 Å². The van der Waals surface area contributed by atoms with Gasteiger partial charge in [0.05, 0.1) is 18.0 Å². The van der Waals surface area contributed by atoms with Gasteiger partial charge in [-0.25, -0.2) is 4.99 Å². The smallest absolute Gasteiger partial charge is 0.269 e. The molecule has 0 unspecified atom stereocenters. The summed E-state index contributed by atoms with van der Waals surface area (Å²) in [6.07, 6.45) is 0. The zero-order chi connectivity index (χ0) is 17.9. The number of nitrogens with one attached hydrogen (secondary N) is 2. The van der Waals surface area contributed by atoms with Crippen molar-refractivity contribution in [1.29, 1.82) is 0 Å². The Labute approximate surface area is 170 Å². The number of ether oxygens (including phenoxy) is 1. The van der Waals surface area contributed by atoms with Gasteiger partial charge in [0, 0.05) is 18.7 Å². The molecule has 0 fully saturated rings. The van der Waals surface area contributed by atoms with Gasteiger partial charge < -0.3 is 15.4 Å². The molecule has 2 aromatic rings. The third-order valence-electron chi connectivity index (χ3n) is 3.29. The highest BCUT2D eigenvalue weighted by molar-refractivity contribution is 14.0. The van der Waals surface area contributed by atoms with E-state index in [9.17, 15) is 10.1 Å². The fourth-order valence-electron chi connectivity index (χ4n) is 2.14. The first-order chi connectivity index (χ1) is 12.2. The number of aliphatic imine (C=N–C) groups is 1. The number of benzene rings is 2. The lowest BCUT2D eigenvalue weighted by molar-refractivity contribution is -0.384. The maximum Gasteiger partial charge on any atom is 0.269 e. The minimum absolute atomic E-state index is 0. The van der Waals surface area contributed by atoms with Crippen LogP contribution >= 0.6 is 24.0 Å². The van der Waals surface area contributed by atoms with E-state index in [4.69, 9.17) is 4.74 Å². The molecule has 2 rings (SSSR count). The summed E-state index contributed by atoms with van der Waals surface area (Å²) in [7, 11) is 0. The molecule has 0 aromatic heterocycles. The number of hydrogen-bond donors (Lipinski definition) is 2. The fraction of sp³-hybridized carbons (Fsp3) is 0.278. The second-order valence-corrected chi connectivity index (χ2v) is 5.21. The number of non-ortho nitro benzene ring substituents is 1. The van der Waals surface area contributed by atoms with E-state index < -0.39 is 4.92 Å². The first kappa shape index (κ1) is 21.7. The van der Waals surface area contributed by atoms with E-state index >= 15 is 0 Å². The van der Waals surface area contributed by atoms with Crippen LogP contribution in [0.25, 0.3) is 0 Å². The summed E-state index contributed by atoms with van der Waals surface area (Å²) >= 11 is 0. The number of hydrogen-bond acceptors (Lipinski definition) is 4. The average Bonchev–Trinajstić information content (AvgIpc) is 2.64. The van der Waals surface area contributed by atoms with Crippen molar-refractivity contribution in [2.75, 3.05) is 19.7 Å². The van der Waals surface area contributed by atoms with Crippen LogP contribution in [0.5, 0.6) is 5.75 Å². The van der Waals surface area contributed by atoms with Crippen LogP contribution in [-0.2, 0) is 6.54 Å². The number of nitro benzene ring substituents is 1. The molecule has 2 aromatic carbocycles. The fourth-order valence-corrected chi connectivity index (χ4v) is 2.14. The summed E-state index contributed by atoms with van der Waals surface area (Å²) in [5.41, 5.74) is 0.855. The second-order valence-electron chi connectivity index (χ2n) is 5.21. The Kier molecular flexibility index (Phi) is 10.1. The first-order valence-corrected chi connectivity index (χ1v) is 8.12. The first-order valence-electron chi connectivity index (χ1n) is 8.12. The van der Waals surface area contributed by atoms with Gasteiger partial charge in [-0.15, -0.1) is 24.0 Å². The Hall–Kier alpha value is -2.36. The van der Waals surface area contributed by atoms with Crippen LogP contribution in [0.3, 0.4) is 0 Å². The van der Waals surface area contributed by atoms with Crippen molar-refractivity contribution in [2.24, 2.45) is 4.99 Å². The van der Waals surface area contributed by atoms with Crippen molar-refractivity contribution < 1.29 is 9.66 Å². The van der Waals surface area contributed by atoms with E-state index in [1.807, 2.05) is 43.3 Å². The van der Waals surface area contributed by atoms with Crippen LogP contribution < -0.4 is 15.4 Å². The molecule has 7 nitrogen and oxygen atoms in total. The summed E-state index contributed by atoms with van der Waals surface area (Å²) in [6, 6.07) is 16.1. The Morgan fingerprint density at radius 2 is 1.92 bits per heavy atom. The lowest BCUT2D eigenvalue weighted by Crippen LogP contribution is -2.39. The van der Waals surface area contributed by atoms with Crippen LogP contribution in [0.15, 0.2) is 59.6 Å². The molecule has 0 saturated heterocycles. The highest BCUT2D eigenvalue weighted by Gasteiger charge is 2.05. The number of halogens is 1. The molecule has 0 bridgehead atoms. The van der Waals surface area contributed by atoms with Gasteiger partial charge in [-0.05, 0) is 24.6 Å². The average molecular weight is 470 g/mol. The van der Waals surface area contributed by atoms with Gasteiger partial charge in [-0.3, -0.25) is 10.1 Å². The van der Waals surface area contributed by atoms with Crippen LogP contribution in [0.4, 0.5) is 5.69 Å². The van der Waals surface area contributed by atoms with Crippen molar-refractivity contribution >= 4 is 35.6 Å². The standard InChI is InChI=1S/C18H22N4O3.HI/c1-2-19-18(20-11-12-25-17-9-4-3-5-10-17)21-14-15-7-6-8-16(13-15)22(23)24;/h3-10,13H,2,11-12,14H2,1H3,(H2,19,20,21);1H. The molecule has 0 spiro atoms. The SMILES string of the molecule is CCNC(=NCc1cccc([N+](=O)[O-])c1)NCCOc1ccccc1.I. The van der Waals surface area contributed by atoms with E-state index in [2.05, 4.69) is 15.6 Å². The molecule has 0 radical (unpaired) electrons. The van der Waals surface area contributed by atoms with Crippen LogP contribution in [0.2, 0.25) is 0 Å². The zero-order valence-corrected chi connectivity index (χ0v) is 16.9. The third-order valence-corrected chi connectivity index (χ3v) is 3.29. The lowest BCUT2D eigenvalue weighted by atomic mass is 10.2. The van der Waals surface area contributed by atoms with Crippen molar-refractivity contribution in [3.05, 3.63) is 70.3 Å². The zero-order valence-electron chi connectivity index (χ0n) is 14.6. The summed E-state index contributed by atoms with van der Waals surface area (Å²) in [6.45, 7) is 4.16. The molecule has 0 heterocycles. The summed E-state index contributed by atoms with van der Waals surface area (Å²) in [5, 5.41) is 17.1. The minimum Gasteiger partial charge on any atom is -0.492 e. The van der Waals surface area contributed by atoms with Crippen molar-refractivity contribution in [3.63, 3.8) is 0 Å². The monoisotopic (exact) mass is 470 g/mol. The van der Waals surface area contributed by atoms with Crippen LogP contribution in [0.1, 0.15) is 12.5 Å². The molecule has 0 aliphatic heterocycles. The Morgan fingerprint density at radius 3 is 2.62 bits per heavy atom. The normalized spacial score (nSPS) is 10.6. The molecule has 0 saturated carbocycles. The predicted octanol–water partition coefficient (Wildman–Crippen LogP) is 3.35. The minimum atomic E-state index is -0.405. The highest BCUT2D eigenvalue weighted by Crippen LogP contribution is 2.13. The van der Waals surface area contributed by atoms with Gasteiger partial charge in [0.25, 0.3) is 5.69 Å². The molecule has 0 atom stereocenters. The van der Waals surface area contributed by atoms with E-state index in [1.54, 1.807) is 6.07 Å². The Balaban J connectivity index is 0.00000338. The summed E-state index contributed by atoms with van der Waals surface area (Å²) in [5.74, 6) is 1.47. The largest absolute Gasteiger partial charge is 0.492 e. The molecular formula is C18H23IN4O3. The topological polar surface area (TPSA) is 88.8 Å². The Bertz CT molecular complexity index is 711. The van der Waals surface area contributed by atoms with Crippen molar-refractivity contribution in [2.45, 2.75) is 13.5 Å². The number of nitrogens with zero attached hydrogens (tertiary/aromatic N) is 2. The van der Waals surface area contributed by atoms with Crippen molar-refractivity contribution in [3.8, 4) is 5.75 Å². The van der Waals surface area contributed by atoms with Gasteiger partial charge in [0.2, 0.25) is 0 Å². The van der Waals surface area contributed by atoms with Gasteiger partial charge in [0.1, 0.15) is 12.4 Å². The molecule has 140 valence electrons. The number of guanidine groups is 1. The second kappa shape index (κ2) is 12.1. The molecule has 0 amide bonds. The van der Waals surface area contributed by atoms with Gasteiger partial charge in [0.15, 0.2) is 5.96 Å². The molecule has 0 aliphatic carbocycles. The third kappa shape index (κ3) is 7.68. The number of nitro groups is 1. The molecule has 8 heteroatoms. The highest BCUT2D eigenvalue weighted by atomic mass is 127. The van der Waals surface area contributed by atoms with E-state index in [0.717, 1.165) is 17.9 Å². The van der Waals surface area contributed by atoms with E-state index in [0.29, 0.717) is 25.7 Å². The summed E-state index contributed by atoms with van der Waals surface area (Å²) in [4.78, 5) is 14.9. The maximum atomic E-state index is 10.8. The van der Waals surface area contributed by atoms with Gasteiger partial charge in [-0.2, -0.15) is 0 Å². The summed E-state index contributed by atoms with van der Waals surface area (Å²) < 4.78 is 5.62. The van der Waals surface area contributed by atoms with E-state index in [-0.39, 0.29) is 29.7 Å². The molecule has 26 heavy (non-hydrogen) atoms. The van der Waals surface area contributed by atoms with Gasteiger partial charge >= 0.3 is 0 Å². The molecule has 0 aliphatic rings. The Morgan fingerprint density at radius 1 is 1.15 bits per heavy atom. The molecular weight excluding hydrogens is 447 g/mol. The quantitative estimate of drug-likeness (QED) is 0.154.